The standard InChI is InChI=1S/C14H26N4O3/c19-12(20)14(4-1-2-5-14)17-13(21)16-6-3-9-18-10-7-15-8-11-18/h15H,1-11H2,(H,19,20)(H2,16,17,21). The molecule has 0 bridgehead atoms. The van der Waals surface area contributed by atoms with Crippen molar-refractivity contribution in [3.05, 3.63) is 0 Å². The highest BCUT2D eigenvalue weighted by molar-refractivity contribution is 5.86. The molecule has 21 heavy (non-hydrogen) atoms. The Morgan fingerprint density at radius 2 is 1.86 bits per heavy atom. The van der Waals surface area contributed by atoms with Crippen LogP contribution in [0.2, 0.25) is 0 Å². The Labute approximate surface area is 125 Å². The van der Waals surface area contributed by atoms with Crippen LogP contribution in [0.25, 0.3) is 0 Å². The maximum absolute atomic E-state index is 11.9. The first-order valence-electron chi connectivity index (χ1n) is 7.85. The number of aliphatic carboxylic acids is 1. The van der Waals surface area contributed by atoms with Crippen LogP contribution < -0.4 is 16.0 Å². The number of rotatable bonds is 6. The predicted molar refractivity (Wildman–Crippen MR) is 79.3 cm³/mol. The van der Waals surface area contributed by atoms with Gasteiger partial charge in [0.15, 0.2) is 0 Å². The van der Waals surface area contributed by atoms with E-state index in [-0.39, 0.29) is 6.03 Å². The molecule has 1 aliphatic carbocycles. The SMILES string of the molecule is O=C(NCCCN1CCNCC1)NC1(C(=O)O)CCCC1. The summed E-state index contributed by atoms with van der Waals surface area (Å²) in [6.45, 7) is 5.68. The third-order valence-electron chi connectivity index (χ3n) is 4.37. The van der Waals surface area contributed by atoms with Crippen LogP contribution in [0.1, 0.15) is 32.1 Å². The molecule has 0 atom stereocenters. The van der Waals surface area contributed by atoms with Crippen molar-refractivity contribution in [2.75, 3.05) is 39.3 Å². The van der Waals surface area contributed by atoms with E-state index in [1.165, 1.54) is 0 Å². The lowest BCUT2D eigenvalue weighted by Crippen LogP contribution is -2.55. The number of piperazine rings is 1. The first-order valence-corrected chi connectivity index (χ1v) is 7.85. The fraction of sp³-hybridized carbons (Fsp3) is 0.857. The highest BCUT2D eigenvalue weighted by Crippen LogP contribution is 2.29. The van der Waals surface area contributed by atoms with Gasteiger partial charge in [-0.05, 0) is 25.8 Å². The van der Waals surface area contributed by atoms with E-state index in [1.807, 2.05) is 0 Å². The molecule has 1 saturated heterocycles. The van der Waals surface area contributed by atoms with E-state index in [2.05, 4.69) is 20.9 Å². The number of hydrogen-bond donors (Lipinski definition) is 4. The summed E-state index contributed by atoms with van der Waals surface area (Å²) in [7, 11) is 0. The fourth-order valence-corrected chi connectivity index (χ4v) is 3.07. The molecule has 7 heteroatoms. The van der Waals surface area contributed by atoms with Gasteiger partial charge in [-0.25, -0.2) is 9.59 Å². The first kappa shape index (κ1) is 16.0. The molecule has 1 heterocycles. The zero-order valence-corrected chi connectivity index (χ0v) is 12.5. The van der Waals surface area contributed by atoms with E-state index in [1.54, 1.807) is 0 Å². The predicted octanol–water partition coefficient (Wildman–Crippen LogP) is -0.0217. The van der Waals surface area contributed by atoms with E-state index in [4.69, 9.17) is 0 Å². The van der Waals surface area contributed by atoms with Gasteiger partial charge < -0.3 is 26.0 Å². The van der Waals surface area contributed by atoms with Crippen molar-refractivity contribution in [3.8, 4) is 0 Å². The van der Waals surface area contributed by atoms with Crippen LogP contribution in [-0.4, -0.2) is 66.8 Å². The van der Waals surface area contributed by atoms with Crippen molar-refractivity contribution in [1.82, 2.24) is 20.9 Å². The molecule has 2 amide bonds. The van der Waals surface area contributed by atoms with Gasteiger partial charge in [0.05, 0.1) is 0 Å². The minimum atomic E-state index is -1.05. The highest BCUT2D eigenvalue weighted by Gasteiger charge is 2.42. The van der Waals surface area contributed by atoms with Gasteiger partial charge in [-0.1, -0.05) is 12.8 Å². The largest absolute Gasteiger partial charge is 0.480 e. The van der Waals surface area contributed by atoms with Crippen molar-refractivity contribution in [1.29, 1.82) is 0 Å². The quantitative estimate of drug-likeness (QED) is 0.517. The zero-order chi connectivity index (χ0) is 15.1. The number of carboxylic acids is 1. The molecule has 7 nitrogen and oxygen atoms in total. The molecule has 0 radical (unpaired) electrons. The molecular formula is C14H26N4O3. The van der Waals surface area contributed by atoms with Gasteiger partial charge in [-0.15, -0.1) is 0 Å². The smallest absolute Gasteiger partial charge is 0.329 e. The lowest BCUT2D eigenvalue weighted by atomic mass is 9.98. The van der Waals surface area contributed by atoms with E-state index >= 15 is 0 Å². The third-order valence-corrected chi connectivity index (χ3v) is 4.37. The minimum Gasteiger partial charge on any atom is -0.480 e. The van der Waals surface area contributed by atoms with E-state index in [0.29, 0.717) is 19.4 Å². The monoisotopic (exact) mass is 298 g/mol. The van der Waals surface area contributed by atoms with Crippen molar-refractivity contribution in [2.45, 2.75) is 37.6 Å². The summed E-state index contributed by atoms with van der Waals surface area (Å²) in [6.07, 6.45) is 3.64. The summed E-state index contributed by atoms with van der Waals surface area (Å²) in [5.41, 5.74) is -1.05. The van der Waals surface area contributed by atoms with Gasteiger partial charge in [-0.3, -0.25) is 0 Å². The Morgan fingerprint density at radius 3 is 2.48 bits per heavy atom. The molecule has 4 N–H and O–H groups in total. The fourth-order valence-electron chi connectivity index (χ4n) is 3.07. The van der Waals surface area contributed by atoms with Crippen LogP contribution in [-0.2, 0) is 4.79 Å². The summed E-state index contributed by atoms with van der Waals surface area (Å²) in [5, 5.41) is 18.0. The molecule has 0 aromatic heterocycles. The molecule has 2 fully saturated rings. The summed E-state index contributed by atoms with van der Waals surface area (Å²) in [6, 6.07) is -0.361. The van der Waals surface area contributed by atoms with Gasteiger partial charge >= 0.3 is 12.0 Å². The first-order chi connectivity index (χ1) is 10.1. The maximum atomic E-state index is 11.9. The summed E-state index contributed by atoms with van der Waals surface area (Å²) < 4.78 is 0. The van der Waals surface area contributed by atoms with Crippen LogP contribution in [0.3, 0.4) is 0 Å². The van der Waals surface area contributed by atoms with Crippen LogP contribution >= 0.6 is 0 Å². The Balaban J connectivity index is 1.63. The minimum absolute atomic E-state index is 0.361. The Kier molecular flexibility index (Phi) is 5.81. The molecule has 0 spiro atoms. The molecule has 0 aromatic rings. The molecule has 1 saturated carbocycles. The molecule has 2 rings (SSSR count). The number of carbonyl (C=O) groups is 2. The summed E-state index contributed by atoms with van der Waals surface area (Å²) in [4.78, 5) is 25.6. The van der Waals surface area contributed by atoms with Crippen LogP contribution in [0.4, 0.5) is 4.79 Å². The maximum Gasteiger partial charge on any atom is 0.329 e. The van der Waals surface area contributed by atoms with Crippen LogP contribution in [0.15, 0.2) is 0 Å². The Bertz CT molecular complexity index is 363. The van der Waals surface area contributed by atoms with Crippen LogP contribution in [0.5, 0.6) is 0 Å². The molecule has 120 valence electrons. The van der Waals surface area contributed by atoms with E-state index in [0.717, 1.165) is 52.0 Å². The number of carbonyl (C=O) groups excluding carboxylic acids is 1. The lowest BCUT2D eigenvalue weighted by molar-refractivity contribution is -0.144. The average molecular weight is 298 g/mol. The van der Waals surface area contributed by atoms with Crippen molar-refractivity contribution < 1.29 is 14.7 Å². The van der Waals surface area contributed by atoms with Gasteiger partial charge in [0.1, 0.15) is 5.54 Å². The second kappa shape index (κ2) is 7.61. The third kappa shape index (κ3) is 4.57. The van der Waals surface area contributed by atoms with Crippen molar-refractivity contribution in [2.24, 2.45) is 0 Å². The van der Waals surface area contributed by atoms with Crippen molar-refractivity contribution in [3.63, 3.8) is 0 Å². The van der Waals surface area contributed by atoms with E-state index < -0.39 is 11.5 Å². The normalized spacial score (nSPS) is 21.9. The number of nitrogens with zero attached hydrogens (tertiary/aromatic N) is 1. The van der Waals surface area contributed by atoms with Crippen molar-refractivity contribution >= 4 is 12.0 Å². The molecule has 0 aromatic carbocycles. The topological polar surface area (TPSA) is 93.7 Å². The lowest BCUT2D eigenvalue weighted by Gasteiger charge is -2.27. The number of urea groups is 1. The Hall–Kier alpha value is -1.34. The molecular weight excluding hydrogens is 272 g/mol. The highest BCUT2D eigenvalue weighted by atomic mass is 16.4. The molecule has 1 aliphatic heterocycles. The van der Waals surface area contributed by atoms with Gasteiger partial charge in [-0.2, -0.15) is 0 Å². The van der Waals surface area contributed by atoms with Crippen LogP contribution in [0, 0.1) is 0 Å². The van der Waals surface area contributed by atoms with E-state index in [9.17, 15) is 14.7 Å². The second-order valence-electron chi connectivity index (χ2n) is 5.92. The second-order valence-corrected chi connectivity index (χ2v) is 5.92. The molecule has 2 aliphatic rings. The number of nitrogens with one attached hydrogen (secondary N) is 3. The number of carboxylic acid groups (broad SMARTS) is 1. The average Bonchev–Trinajstić information content (AvgIpc) is 2.94. The summed E-state index contributed by atoms with van der Waals surface area (Å²) >= 11 is 0. The Morgan fingerprint density at radius 1 is 1.19 bits per heavy atom. The molecule has 0 unspecified atom stereocenters. The van der Waals surface area contributed by atoms with Gasteiger partial charge in [0, 0.05) is 32.7 Å². The number of hydrogen-bond acceptors (Lipinski definition) is 4. The summed E-state index contributed by atoms with van der Waals surface area (Å²) in [5.74, 6) is -0.920. The van der Waals surface area contributed by atoms with Gasteiger partial charge in [0.25, 0.3) is 0 Å². The van der Waals surface area contributed by atoms with Gasteiger partial charge in [0.2, 0.25) is 0 Å². The number of amides is 2. The zero-order valence-electron chi connectivity index (χ0n) is 12.5.